The molecular weight excluding hydrogens is 352 g/mol. The number of carbonyl (C=O) groups is 1. The van der Waals surface area contributed by atoms with Crippen molar-refractivity contribution in [2.45, 2.75) is 18.9 Å². The molecule has 6 nitrogen and oxygen atoms in total. The molecular formula is C22H20N4O2. The number of aromatic nitrogens is 3. The molecule has 0 N–H and O–H groups in total. The molecule has 2 aromatic heterocycles. The van der Waals surface area contributed by atoms with E-state index in [2.05, 4.69) is 10.1 Å². The van der Waals surface area contributed by atoms with E-state index in [1.165, 1.54) is 0 Å². The first kappa shape index (κ1) is 16.7. The Balaban J connectivity index is 1.47. The zero-order chi connectivity index (χ0) is 19.1. The van der Waals surface area contributed by atoms with Gasteiger partial charge in [-0.15, -0.1) is 0 Å². The second kappa shape index (κ2) is 6.64. The van der Waals surface area contributed by atoms with Crippen molar-refractivity contribution < 1.29 is 9.32 Å². The van der Waals surface area contributed by atoms with Gasteiger partial charge in [0.1, 0.15) is 6.04 Å². The van der Waals surface area contributed by atoms with E-state index >= 15 is 0 Å². The number of rotatable bonds is 3. The van der Waals surface area contributed by atoms with E-state index in [1.807, 2.05) is 77.3 Å². The molecule has 0 saturated carbocycles. The molecule has 1 aliphatic rings. The maximum Gasteiger partial charge on any atom is 0.255 e. The predicted octanol–water partition coefficient (Wildman–Crippen LogP) is 4.21. The van der Waals surface area contributed by atoms with E-state index < -0.39 is 0 Å². The summed E-state index contributed by atoms with van der Waals surface area (Å²) in [5.74, 6) is 1.07. The predicted molar refractivity (Wildman–Crippen MR) is 106 cm³/mol. The fourth-order valence-electron chi connectivity index (χ4n) is 3.99. The van der Waals surface area contributed by atoms with Crippen LogP contribution in [0.3, 0.4) is 0 Å². The van der Waals surface area contributed by atoms with Crippen molar-refractivity contribution in [3.8, 4) is 11.4 Å². The van der Waals surface area contributed by atoms with Gasteiger partial charge in [-0.1, -0.05) is 41.6 Å². The van der Waals surface area contributed by atoms with Gasteiger partial charge in [-0.2, -0.15) is 4.98 Å². The molecule has 0 radical (unpaired) electrons. The molecule has 1 aliphatic heterocycles. The lowest BCUT2D eigenvalue weighted by Gasteiger charge is -2.22. The Morgan fingerprint density at radius 3 is 2.82 bits per heavy atom. The maximum absolute atomic E-state index is 13.4. The summed E-state index contributed by atoms with van der Waals surface area (Å²) in [5, 5.41) is 5.09. The van der Waals surface area contributed by atoms with Crippen LogP contribution in [0.5, 0.6) is 0 Å². The third kappa shape index (κ3) is 2.69. The van der Waals surface area contributed by atoms with Crippen LogP contribution in [0.2, 0.25) is 0 Å². The fraction of sp³-hybridized carbons (Fsp3) is 0.227. The Morgan fingerprint density at radius 2 is 1.96 bits per heavy atom. The highest BCUT2D eigenvalue weighted by Gasteiger charge is 2.35. The minimum atomic E-state index is -0.184. The largest absolute Gasteiger partial charge is 0.351 e. The van der Waals surface area contributed by atoms with Crippen LogP contribution in [0.15, 0.2) is 65.3 Å². The molecule has 4 aromatic rings. The van der Waals surface area contributed by atoms with Crippen LogP contribution in [0.25, 0.3) is 22.3 Å². The summed E-state index contributed by atoms with van der Waals surface area (Å²) >= 11 is 0. The number of amides is 1. The molecule has 2 aromatic carbocycles. The van der Waals surface area contributed by atoms with Crippen LogP contribution < -0.4 is 0 Å². The normalized spacial score (nSPS) is 16.8. The Kier molecular flexibility index (Phi) is 3.97. The number of likely N-dealkylation sites (tertiary alicyclic amines) is 1. The van der Waals surface area contributed by atoms with Gasteiger partial charge in [0.25, 0.3) is 5.91 Å². The first-order valence-corrected chi connectivity index (χ1v) is 9.46. The van der Waals surface area contributed by atoms with Gasteiger partial charge in [-0.05, 0) is 31.0 Å². The first-order chi connectivity index (χ1) is 13.7. The molecule has 0 aliphatic carbocycles. The van der Waals surface area contributed by atoms with Crippen molar-refractivity contribution >= 4 is 16.8 Å². The van der Waals surface area contributed by atoms with Gasteiger partial charge in [-0.3, -0.25) is 4.79 Å². The standard InChI is InChI=1S/C22H20N4O2/c1-25-14-12-16-17(9-5-10-18(16)25)22(27)26-13-6-11-19(26)21-23-20(24-28-21)15-7-3-2-4-8-15/h2-5,7-10,12,14,19H,6,11,13H2,1H3. The highest BCUT2D eigenvalue weighted by atomic mass is 16.5. The van der Waals surface area contributed by atoms with Crippen LogP contribution in [0.1, 0.15) is 35.1 Å². The lowest BCUT2D eigenvalue weighted by molar-refractivity contribution is 0.0712. The zero-order valence-electron chi connectivity index (χ0n) is 15.6. The van der Waals surface area contributed by atoms with Gasteiger partial charge in [-0.25, -0.2) is 0 Å². The summed E-state index contributed by atoms with van der Waals surface area (Å²) < 4.78 is 7.58. The van der Waals surface area contributed by atoms with Crippen molar-refractivity contribution in [1.82, 2.24) is 19.6 Å². The van der Waals surface area contributed by atoms with Crippen LogP contribution >= 0.6 is 0 Å². The van der Waals surface area contributed by atoms with Crippen LogP contribution in [0.4, 0.5) is 0 Å². The first-order valence-electron chi connectivity index (χ1n) is 9.46. The Morgan fingerprint density at radius 1 is 1.11 bits per heavy atom. The van der Waals surface area contributed by atoms with E-state index in [9.17, 15) is 4.79 Å². The molecule has 140 valence electrons. The molecule has 3 heterocycles. The minimum absolute atomic E-state index is 0.0127. The fourth-order valence-corrected chi connectivity index (χ4v) is 3.99. The van der Waals surface area contributed by atoms with Gasteiger partial charge >= 0.3 is 0 Å². The molecule has 28 heavy (non-hydrogen) atoms. The van der Waals surface area contributed by atoms with Gasteiger partial charge < -0.3 is 14.0 Å². The summed E-state index contributed by atoms with van der Waals surface area (Å²) in [5.41, 5.74) is 2.67. The Labute approximate surface area is 162 Å². The number of fused-ring (bicyclic) bond motifs is 1. The van der Waals surface area contributed by atoms with Gasteiger partial charge in [0, 0.05) is 41.8 Å². The van der Waals surface area contributed by atoms with E-state index in [-0.39, 0.29) is 11.9 Å². The van der Waals surface area contributed by atoms with E-state index in [0.717, 1.165) is 29.3 Å². The van der Waals surface area contributed by atoms with Crippen molar-refractivity contribution in [3.05, 3.63) is 72.2 Å². The van der Waals surface area contributed by atoms with Crippen LogP contribution in [-0.4, -0.2) is 32.1 Å². The number of hydrogen-bond acceptors (Lipinski definition) is 4. The molecule has 5 rings (SSSR count). The number of nitrogens with zero attached hydrogens (tertiary/aromatic N) is 4. The molecule has 0 spiro atoms. The smallest absolute Gasteiger partial charge is 0.255 e. The lowest BCUT2D eigenvalue weighted by Crippen LogP contribution is -2.30. The van der Waals surface area contributed by atoms with E-state index in [1.54, 1.807) is 0 Å². The summed E-state index contributed by atoms with van der Waals surface area (Å²) in [4.78, 5) is 19.8. The van der Waals surface area contributed by atoms with E-state index in [4.69, 9.17) is 4.52 Å². The van der Waals surface area contributed by atoms with E-state index in [0.29, 0.717) is 23.8 Å². The summed E-state index contributed by atoms with van der Waals surface area (Å²) in [6, 6.07) is 17.4. The third-order valence-corrected chi connectivity index (χ3v) is 5.43. The lowest BCUT2D eigenvalue weighted by atomic mass is 10.1. The SMILES string of the molecule is Cn1ccc2c(C(=O)N3CCCC3c3nc(-c4ccccc4)no3)cccc21. The number of hydrogen-bond donors (Lipinski definition) is 0. The van der Waals surface area contributed by atoms with Crippen molar-refractivity contribution in [2.24, 2.45) is 7.05 Å². The molecule has 1 fully saturated rings. The quantitative estimate of drug-likeness (QED) is 0.540. The zero-order valence-corrected chi connectivity index (χ0v) is 15.6. The van der Waals surface area contributed by atoms with Gasteiger partial charge in [0.15, 0.2) is 0 Å². The molecule has 1 saturated heterocycles. The Hall–Kier alpha value is -3.41. The highest BCUT2D eigenvalue weighted by molar-refractivity contribution is 6.06. The monoisotopic (exact) mass is 372 g/mol. The van der Waals surface area contributed by atoms with Crippen LogP contribution in [-0.2, 0) is 7.05 Å². The molecule has 0 bridgehead atoms. The summed E-state index contributed by atoms with van der Waals surface area (Å²) in [6.45, 7) is 0.690. The third-order valence-electron chi connectivity index (χ3n) is 5.43. The summed E-state index contributed by atoms with van der Waals surface area (Å²) in [6.07, 6.45) is 3.73. The number of aryl methyl sites for hydroxylation is 1. The number of carbonyl (C=O) groups excluding carboxylic acids is 1. The second-order valence-electron chi connectivity index (χ2n) is 7.14. The van der Waals surface area contributed by atoms with Crippen molar-refractivity contribution in [3.63, 3.8) is 0 Å². The number of benzene rings is 2. The average Bonchev–Trinajstić information content (AvgIpc) is 3.47. The minimum Gasteiger partial charge on any atom is -0.351 e. The molecule has 1 unspecified atom stereocenters. The Bertz CT molecular complexity index is 1150. The molecule has 1 amide bonds. The second-order valence-corrected chi connectivity index (χ2v) is 7.14. The van der Waals surface area contributed by atoms with Crippen LogP contribution in [0, 0.1) is 0 Å². The average molecular weight is 372 g/mol. The van der Waals surface area contributed by atoms with Gasteiger partial charge in [0.2, 0.25) is 11.7 Å². The molecule has 6 heteroatoms. The van der Waals surface area contributed by atoms with Crippen molar-refractivity contribution in [1.29, 1.82) is 0 Å². The summed E-state index contributed by atoms with van der Waals surface area (Å²) in [7, 11) is 1.98. The highest BCUT2D eigenvalue weighted by Crippen LogP contribution is 2.34. The van der Waals surface area contributed by atoms with Crippen molar-refractivity contribution in [2.75, 3.05) is 6.54 Å². The topological polar surface area (TPSA) is 64.2 Å². The van der Waals surface area contributed by atoms with Gasteiger partial charge in [0.05, 0.1) is 0 Å². The maximum atomic E-state index is 13.4. The molecule has 1 atom stereocenters.